The predicted octanol–water partition coefficient (Wildman–Crippen LogP) is 3.15. The molecular weight excluding hydrogens is 238 g/mol. The lowest BCUT2D eigenvalue weighted by atomic mass is 10.1. The molecule has 0 saturated heterocycles. The molecule has 1 unspecified atom stereocenters. The van der Waals surface area contributed by atoms with Crippen molar-refractivity contribution in [3.63, 3.8) is 0 Å². The molecule has 92 valence electrons. The van der Waals surface area contributed by atoms with Crippen LogP contribution in [-0.4, -0.2) is 19.3 Å². The second-order valence-electron chi connectivity index (χ2n) is 3.70. The molecule has 0 fully saturated rings. The lowest BCUT2D eigenvalue weighted by Crippen LogP contribution is -2.15. The van der Waals surface area contributed by atoms with Crippen molar-refractivity contribution in [2.45, 2.75) is 26.6 Å². The summed E-state index contributed by atoms with van der Waals surface area (Å²) < 4.78 is 10.8. The summed E-state index contributed by atoms with van der Waals surface area (Å²) in [4.78, 5) is 0. The monoisotopic (exact) mass is 253 g/mol. The van der Waals surface area contributed by atoms with Gasteiger partial charge in [-0.25, -0.2) is 0 Å². The second-order valence-corrected chi connectivity index (χ2v) is 4.11. The van der Waals surface area contributed by atoms with E-state index in [0.29, 0.717) is 30.4 Å². The number of rotatable bonds is 6. The van der Waals surface area contributed by atoms with Crippen LogP contribution in [0.5, 0.6) is 0 Å². The third kappa shape index (κ3) is 4.74. The average Bonchev–Trinajstić information content (AvgIpc) is 2.34. The molecule has 1 aromatic carbocycles. The SMILES string of the molecule is CCOCC(C)OCc1ccc(C#N)cc1Cl. The molecule has 0 aliphatic carbocycles. The van der Waals surface area contributed by atoms with E-state index in [4.69, 9.17) is 26.3 Å². The lowest BCUT2D eigenvalue weighted by molar-refractivity contribution is -0.0116. The first-order valence-electron chi connectivity index (χ1n) is 5.55. The van der Waals surface area contributed by atoms with Gasteiger partial charge in [-0.3, -0.25) is 0 Å². The maximum atomic E-state index is 8.71. The number of hydrogen-bond donors (Lipinski definition) is 0. The van der Waals surface area contributed by atoms with Gasteiger partial charge in [0, 0.05) is 11.6 Å². The smallest absolute Gasteiger partial charge is 0.0992 e. The minimum atomic E-state index is 0.0293. The van der Waals surface area contributed by atoms with Crippen molar-refractivity contribution < 1.29 is 9.47 Å². The summed E-state index contributed by atoms with van der Waals surface area (Å²) in [6.45, 7) is 5.59. The zero-order valence-corrected chi connectivity index (χ0v) is 10.8. The van der Waals surface area contributed by atoms with Crippen LogP contribution in [-0.2, 0) is 16.1 Å². The van der Waals surface area contributed by atoms with Crippen LogP contribution < -0.4 is 0 Å². The highest BCUT2D eigenvalue weighted by Crippen LogP contribution is 2.18. The first-order valence-corrected chi connectivity index (χ1v) is 5.93. The molecule has 0 amide bonds. The van der Waals surface area contributed by atoms with Gasteiger partial charge >= 0.3 is 0 Å². The second kappa shape index (κ2) is 7.29. The van der Waals surface area contributed by atoms with Crippen molar-refractivity contribution in [1.29, 1.82) is 5.26 Å². The molecule has 0 aliphatic rings. The summed E-state index contributed by atoms with van der Waals surface area (Å²) in [5.74, 6) is 0. The van der Waals surface area contributed by atoms with Crippen LogP contribution in [0.15, 0.2) is 18.2 Å². The van der Waals surface area contributed by atoms with Gasteiger partial charge in [-0.1, -0.05) is 17.7 Å². The van der Waals surface area contributed by atoms with E-state index in [1.807, 2.05) is 26.0 Å². The first kappa shape index (κ1) is 14.0. The van der Waals surface area contributed by atoms with Crippen LogP contribution in [0.2, 0.25) is 5.02 Å². The van der Waals surface area contributed by atoms with E-state index >= 15 is 0 Å². The van der Waals surface area contributed by atoms with Crippen LogP contribution >= 0.6 is 11.6 Å². The van der Waals surface area contributed by atoms with Crippen LogP contribution in [0, 0.1) is 11.3 Å². The van der Waals surface area contributed by atoms with E-state index in [-0.39, 0.29) is 6.10 Å². The molecule has 0 bridgehead atoms. The van der Waals surface area contributed by atoms with Crippen LogP contribution in [0.1, 0.15) is 25.0 Å². The maximum Gasteiger partial charge on any atom is 0.0992 e. The number of ether oxygens (including phenoxy) is 2. The van der Waals surface area contributed by atoms with Crippen LogP contribution in [0.25, 0.3) is 0 Å². The Hall–Kier alpha value is -1.08. The van der Waals surface area contributed by atoms with Gasteiger partial charge < -0.3 is 9.47 Å². The molecule has 0 aliphatic heterocycles. The van der Waals surface area contributed by atoms with Gasteiger partial charge in [-0.05, 0) is 31.5 Å². The van der Waals surface area contributed by atoms with Gasteiger partial charge in [0.1, 0.15) is 0 Å². The molecule has 0 spiro atoms. The summed E-state index contributed by atoms with van der Waals surface area (Å²) in [5, 5.41) is 9.27. The fourth-order valence-corrected chi connectivity index (χ4v) is 1.53. The molecule has 1 rings (SSSR count). The Morgan fingerprint density at radius 1 is 1.47 bits per heavy atom. The largest absolute Gasteiger partial charge is 0.379 e. The highest BCUT2D eigenvalue weighted by Gasteiger charge is 2.06. The fourth-order valence-electron chi connectivity index (χ4n) is 1.30. The first-order chi connectivity index (χ1) is 8.17. The predicted molar refractivity (Wildman–Crippen MR) is 66.9 cm³/mol. The molecule has 0 heterocycles. The molecule has 3 nitrogen and oxygen atoms in total. The number of benzene rings is 1. The zero-order chi connectivity index (χ0) is 12.7. The normalized spacial score (nSPS) is 12.1. The van der Waals surface area contributed by atoms with Gasteiger partial charge in [-0.2, -0.15) is 5.26 Å². The molecule has 1 atom stereocenters. The van der Waals surface area contributed by atoms with Gasteiger partial charge in [0.25, 0.3) is 0 Å². The number of halogens is 1. The number of nitriles is 1. The summed E-state index contributed by atoms with van der Waals surface area (Å²) >= 11 is 6.03. The lowest BCUT2D eigenvalue weighted by Gasteiger charge is -2.13. The Bertz CT molecular complexity index is 401. The van der Waals surface area contributed by atoms with Crippen molar-refractivity contribution >= 4 is 11.6 Å². The highest BCUT2D eigenvalue weighted by atomic mass is 35.5. The van der Waals surface area contributed by atoms with Crippen molar-refractivity contribution in [2.75, 3.05) is 13.2 Å². The fraction of sp³-hybridized carbons (Fsp3) is 0.462. The Morgan fingerprint density at radius 2 is 2.24 bits per heavy atom. The summed E-state index contributed by atoms with van der Waals surface area (Å²) in [6.07, 6.45) is 0.0293. The molecule has 0 radical (unpaired) electrons. The number of nitrogens with zero attached hydrogens (tertiary/aromatic N) is 1. The molecule has 17 heavy (non-hydrogen) atoms. The molecular formula is C13H16ClNO2. The van der Waals surface area contributed by atoms with Gasteiger partial charge in [-0.15, -0.1) is 0 Å². The molecule has 4 heteroatoms. The molecule has 0 N–H and O–H groups in total. The van der Waals surface area contributed by atoms with Crippen molar-refractivity contribution in [3.8, 4) is 6.07 Å². The highest BCUT2D eigenvalue weighted by molar-refractivity contribution is 6.31. The Kier molecular flexibility index (Phi) is 5.99. The molecule has 0 aromatic heterocycles. The summed E-state index contributed by atoms with van der Waals surface area (Å²) in [6, 6.07) is 7.24. The third-order valence-electron chi connectivity index (χ3n) is 2.26. The standard InChI is InChI=1S/C13H16ClNO2/c1-3-16-8-10(2)17-9-12-5-4-11(7-15)6-13(12)14/h4-6,10H,3,8-9H2,1-2H3. The van der Waals surface area contributed by atoms with Gasteiger partial charge in [0.15, 0.2) is 0 Å². The Balaban J connectivity index is 2.49. The Morgan fingerprint density at radius 3 is 2.82 bits per heavy atom. The van der Waals surface area contributed by atoms with Crippen LogP contribution in [0.4, 0.5) is 0 Å². The zero-order valence-electron chi connectivity index (χ0n) is 10.1. The average molecular weight is 254 g/mol. The third-order valence-corrected chi connectivity index (χ3v) is 2.61. The van der Waals surface area contributed by atoms with E-state index in [1.165, 1.54) is 0 Å². The van der Waals surface area contributed by atoms with E-state index in [2.05, 4.69) is 0 Å². The number of hydrogen-bond acceptors (Lipinski definition) is 3. The summed E-state index contributed by atoms with van der Waals surface area (Å²) in [7, 11) is 0. The topological polar surface area (TPSA) is 42.2 Å². The van der Waals surface area contributed by atoms with E-state index < -0.39 is 0 Å². The quantitative estimate of drug-likeness (QED) is 0.782. The Labute approximate surface area is 107 Å². The van der Waals surface area contributed by atoms with Gasteiger partial charge in [0.05, 0.1) is 31.0 Å². The van der Waals surface area contributed by atoms with Crippen molar-refractivity contribution in [3.05, 3.63) is 34.3 Å². The van der Waals surface area contributed by atoms with Gasteiger partial charge in [0.2, 0.25) is 0 Å². The molecule has 0 saturated carbocycles. The minimum absolute atomic E-state index is 0.0293. The van der Waals surface area contributed by atoms with Crippen molar-refractivity contribution in [2.24, 2.45) is 0 Å². The van der Waals surface area contributed by atoms with Crippen LogP contribution in [0.3, 0.4) is 0 Å². The van der Waals surface area contributed by atoms with E-state index in [0.717, 1.165) is 5.56 Å². The van der Waals surface area contributed by atoms with E-state index in [1.54, 1.807) is 12.1 Å². The summed E-state index contributed by atoms with van der Waals surface area (Å²) in [5.41, 5.74) is 1.44. The minimum Gasteiger partial charge on any atom is -0.379 e. The molecule has 1 aromatic rings. The van der Waals surface area contributed by atoms with Crippen molar-refractivity contribution in [1.82, 2.24) is 0 Å². The van der Waals surface area contributed by atoms with E-state index in [9.17, 15) is 0 Å². The maximum absolute atomic E-state index is 8.71.